The van der Waals surface area contributed by atoms with Crippen molar-refractivity contribution in [3.63, 3.8) is 0 Å². The van der Waals surface area contributed by atoms with Crippen molar-refractivity contribution in [1.29, 1.82) is 0 Å². The van der Waals surface area contributed by atoms with Crippen LogP contribution in [0.5, 0.6) is 0 Å². The van der Waals surface area contributed by atoms with Crippen molar-refractivity contribution < 1.29 is 8.78 Å². The highest BCUT2D eigenvalue weighted by Crippen LogP contribution is 2.06. The van der Waals surface area contributed by atoms with Gasteiger partial charge in [-0.15, -0.1) is 0 Å². The maximum Gasteiger partial charge on any atom is 0.263 e. The van der Waals surface area contributed by atoms with Crippen molar-refractivity contribution in [3.05, 3.63) is 22.6 Å². The Balaban J connectivity index is 0. The maximum atomic E-state index is 10.1. The summed E-state index contributed by atoms with van der Waals surface area (Å²) in [6.07, 6.45) is -1.83. The molecule has 0 heterocycles. The minimum atomic E-state index is -1.83. The van der Waals surface area contributed by atoms with Crippen LogP contribution in [-0.2, 0) is 0 Å². The van der Waals surface area contributed by atoms with Gasteiger partial charge in [-0.2, -0.15) is 8.78 Å². The summed E-state index contributed by atoms with van der Waals surface area (Å²) in [6.45, 7) is 5.61. The fourth-order valence-corrected chi connectivity index (χ4v) is 0. The van der Waals surface area contributed by atoms with Crippen LogP contribution in [0.3, 0.4) is 0 Å². The number of halogens is 4. The van der Waals surface area contributed by atoms with Crippen LogP contribution in [0.1, 0.15) is 0 Å². The largest absolute Gasteiger partial charge is 0.263 e. The van der Waals surface area contributed by atoms with E-state index in [1.165, 1.54) is 0 Å². The van der Waals surface area contributed by atoms with E-state index in [2.05, 4.69) is 45.0 Å². The Hall–Kier alpha value is 0.300. The Morgan fingerprint density at radius 2 is 1.12 bits per heavy atom. The van der Waals surface area contributed by atoms with Crippen LogP contribution in [0.2, 0.25) is 0 Å². The van der Waals surface area contributed by atoms with Crippen molar-refractivity contribution in [2.75, 3.05) is 0 Å². The molecule has 0 aliphatic heterocycles. The molecule has 0 fully saturated rings. The Kier molecular flexibility index (Phi) is 10.2. The molecule has 0 nitrogen and oxygen atoms in total. The smallest absolute Gasteiger partial charge is 0.174 e. The van der Waals surface area contributed by atoms with E-state index in [1.54, 1.807) is 0 Å². The highest BCUT2D eigenvalue weighted by atomic mass is 79.9. The summed E-state index contributed by atoms with van der Waals surface area (Å²) >= 11 is 5.99. The molecule has 0 rings (SSSR count). The van der Waals surface area contributed by atoms with Gasteiger partial charge in [0.2, 0.25) is 0 Å². The molecule has 0 aromatic rings. The van der Waals surface area contributed by atoms with Crippen molar-refractivity contribution in [3.8, 4) is 0 Å². The summed E-state index contributed by atoms with van der Waals surface area (Å²) in [5.74, 6) is 0. The van der Waals surface area contributed by atoms with Gasteiger partial charge < -0.3 is 0 Å². The normalized spacial score (nSPS) is 6.50. The van der Waals surface area contributed by atoms with Crippen LogP contribution in [0, 0.1) is 0 Å². The first-order chi connectivity index (χ1) is 3.46. The second kappa shape index (κ2) is 7.30. The van der Waals surface area contributed by atoms with E-state index < -0.39 is 6.08 Å². The van der Waals surface area contributed by atoms with E-state index in [0.717, 1.165) is 3.39 Å². The summed E-state index contributed by atoms with van der Waals surface area (Å²) in [5.41, 5.74) is 0. The van der Waals surface area contributed by atoms with E-state index in [4.69, 9.17) is 0 Å². The maximum absolute atomic E-state index is 10.1. The van der Waals surface area contributed by atoms with E-state index in [-0.39, 0.29) is 0 Å². The van der Waals surface area contributed by atoms with Crippen LogP contribution in [0.15, 0.2) is 22.6 Å². The molecule has 0 atom stereocenters. The molecule has 0 amide bonds. The summed E-state index contributed by atoms with van der Waals surface area (Å²) < 4.78 is 21.1. The number of hydrogen-bond donors (Lipinski definition) is 0. The molecule has 0 saturated heterocycles. The topological polar surface area (TPSA) is 0 Å². The molecule has 48 valence electrons. The van der Waals surface area contributed by atoms with Crippen molar-refractivity contribution in [2.45, 2.75) is 0 Å². The fourth-order valence-electron chi connectivity index (χ4n) is 0. The zero-order valence-electron chi connectivity index (χ0n) is 3.93. The van der Waals surface area contributed by atoms with E-state index in [0.29, 0.717) is 0 Å². The molecule has 4 heteroatoms. The molecule has 0 bridgehead atoms. The lowest BCUT2D eigenvalue weighted by Gasteiger charge is -1.58. The zero-order chi connectivity index (χ0) is 7.15. The Morgan fingerprint density at radius 1 is 1.12 bits per heavy atom. The molecular weight excluding hydrogens is 246 g/mol. The monoisotopic (exact) mass is 248 g/mol. The second-order valence-corrected chi connectivity index (χ2v) is 3.66. The highest BCUT2D eigenvalue weighted by Gasteiger charge is 1.65. The van der Waals surface area contributed by atoms with Crippen LogP contribution < -0.4 is 0 Å². The molecule has 0 aliphatic carbocycles. The number of hydrogen-bond acceptors (Lipinski definition) is 0. The number of rotatable bonds is 0. The first-order valence-electron chi connectivity index (χ1n) is 1.46. The quantitative estimate of drug-likeness (QED) is 0.615. The van der Waals surface area contributed by atoms with Gasteiger partial charge in [0.25, 0.3) is 6.08 Å². The van der Waals surface area contributed by atoms with Gasteiger partial charge in [0, 0.05) is 0 Å². The molecule has 8 heavy (non-hydrogen) atoms. The zero-order valence-corrected chi connectivity index (χ0v) is 7.10. The molecule has 0 aromatic heterocycles. The van der Waals surface area contributed by atoms with Gasteiger partial charge in [-0.3, -0.25) is 0 Å². The van der Waals surface area contributed by atoms with Gasteiger partial charge in [-0.25, -0.2) is 0 Å². The Bertz CT molecular complexity index is 70.0. The van der Waals surface area contributed by atoms with Gasteiger partial charge in [0.05, 0.1) is 3.39 Å². The molecular formula is C4H4Br2F2. The van der Waals surface area contributed by atoms with Crippen LogP contribution in [0.4, 0.5) is 8.78 Å². The average molecular weight is 250 g/mol. The van der Waals surface area contributed by atoms with Crippen LogP contribution >= 0.6 is 31.9 Å². The van der Waals surface area contributed by atoms with Crippen molar-refractivity contribution in [1.82, 2.24) is 0 Å². The Morgan fingerprint density at radius 3 is 1.12 bits per heavy atom. The van der Waals surface area contributed by atoms with Crippen molar-refractivity contribution in [2.24, 2.45) is 0 Å². The molecule has 0 radical (unpaired) electrons. The van der Waals surface area contributed by atoms with Crippen LogP contribution in [-0.4, -0.2) is 0 Å². The van der Waals surface area contributed by atoms with Crippen LogP contribution in [0.25, 0.3) is 0 Å². The Labute approximate surface area is 63.5 Å². The summed E-state index contributed by atoms with van der Waals surface area (Å²) in [7, 11) is 0. The van der Waals surface area contributed by atoms with Gasteiger partial charge in [0.1, 0.15) is 0 Å². The van der Waals surface area contributed by atoms with Gasteiger partial charge in [-0.1, -0.05) is 6.58 Å². The van der Waals surface area contributed by atoms with Gasteiger partial charge in [0.15, 0.2) is 0 Å². The predicted octanol–water partition coefficient (Wildman–Crippen LogP) is 3.64. The minimum Gasteiger partial charge on any atom is -0.174 e. The summed E-state index contributed by atoms with van der Waals surface area (Å²) in [4.78, 5) is 0. The minimum absolute atomic E-state index is 0.792. The van der Waals surface area contributed by atoms with E-state index >= 15 is 0 Å². The summed E-state index contributed by atoms with van der Waals surface area (Å²) in [6, 6.07) is 0. The first-order valence-corrected chi connectivity index (χ1v) is 3.05. The predicted molar refractivity (Wildman–Crippen MR) is 38.4 cm³/mol. The van der Waals surface area contributed by atoms with Gasteiger partial charge >= 0.3 is 0 Å². The first kappa shape index (κ1) is 11.1. The molecule has 0 spiro atoms. The third-order valence-electron chi connectivity index (χ3n) is 0. The van der Waals surface area contributed by atoms with Gasteiger partial charge in [-0.05, 0) is 38.4 Å². The van der Waals surface area contributed by atoms with Crippen molar-refractivity contribution >= 4 is 31.9 Å². The highest BCUT2D eigenvalue weighted by molar-refractivity contribution is 9.28. The summed E-state index contributed by atoms with van der Waals surface area (Å²) in [5, 5.41) is 0. The molecule has 0 N–H and O–H groups in total. The molecule has 0 aromatic carbocycles. The third-order valence-corrected chi connectivity index (χ3v) is 0. The van der Waals surface area contributed by atoms with E-state index in [9.17, 15) is 8.78 Å². The fraction of sp³-hybridized carbons (Fsp3) is 0. The average Bonchev–Trinajstić information content (AvgIpc) is 1.25. The SMILES string of the molecule is C=C(Br)Br.C=C(F)F. The lowest BCUT2D eigenvalue weighted by atomic mass is 11.2. The lowest BCUT2D eigenvalue weighted by molar-refractivity contribution is 0.426. The second-order valence-electron chi connectivity index (χ2n) is 0.677. The molecule has 0 aliphatic rings. The molecule has 0 saturated carbocycles. The molecule has 0 unspecified atom stereocenters. The third kappa shape index (κ3) is 1970. The lowest BCUT2D eigenvalue weighted by Crippen LogP contribution is -1.33. The standard InChI is InChI=1S/C2H2Br2.C2H2F2/c2*1-2(3)4/h2*1H2. The van der Waals surface area contributed by atoms with E-state index in [1.807, 2.05) is 0 Å².